The van der Waals surface area contributed by atoms with Gasteiger partial charge in [-0.15, -0.1) is 0 Å². The number of carbonyl (C=O) groups is 2. The quantitative estimate of drug-likeness (QED) is 0.839. The minimum absolute atomic E-state index is 0.0702. The molecule has 1 aliphatic heterocycles. The molecule has 0 unspecified atom stereocenters. The summed E-state index contributed by atoms with van der Waals surface area (Å²) in [6.45, 7) is 6.58. The standard InChI is InChI=1S/C19H25FN4O3/c1-19(2,3)27-18(26)24-10-7-14(8-11-24)22-15-5-4-13(20)12-16(15)23-17(25)6-9-21/h4-5,12,14,22H,6-8,10-11H2,1-3H3,(H,23,25). The molecule has 0 aliphatic carbocycles. The Hall–Kier alpha value is -2.82. The normalized spacial score (nSPS) is 15.0. The summed E-state index contributed by atoms with van der Waals surface area (Å²) in [4.78, 5) is 25.4. The van der Waals surface area contributed by atoms with Crippen molar-refractivity contribution in [1.29, 1.82) is 5.26 Å². The highest BCUT2D eigenvalue weighted by Gasteiger charge is 2.27. The molecule has 0 aromatic heterocycles. The fraction of sp³-hybridized carbons (Fsp3) is 0.526. The van der Waals surface area contributed by atoms with Crippen LogP contribution in [0.15, 0.2) is 18.2 Å². The molecule has 2 rings (SSSR count). The van der Waals surface area contributed by atoms with E-state index < -0.39 is 17.3 Å². The molecular formula is C19H25FN4O3. The third kappa shape index (κ3) is 6.44. The number of hydrogen-bond donors (Lipinski definition) is 2. The van der Waals surface area contributed by atoms with Crippen LogP contribution in [0.1, 0.15) is 40.0 Å². The lowest BCUT2D eigenvalue weighted by Crippen LogP contribution is -2.44. The van der Waals surface area contributed by atoms with Gasteiger partial charge in [0.1, 0.15) is 17.8 Å². The summed E-state index contributed by atoms with van der Waals surface area (Å²) < 4.78 is 18.9. The second kappa shape index (κ2) is 8.71. The van der Waals surface area contributed by atoms with Crippen LogP contribution in [-0.4, -0.2) is 41.6 Å². The number of nitriles is 1. The first-order valence-corrected chi connectivity index (χ1v) is 8.89. The van der Waals surface area contributed by atoms with Crippen molar-refractivity contribution in [2.24, 2.45) is 0 Å². The van der Waals surface area contributed by atoms with E-state index in [0.717, 1.165) is 0 Å². The zero-order valence-electron chi connectivity index (χ0n) is 15.8. The van der Waals surface area contributed by atoms with Crippen LogP contribution in [0.5, 0.6) is 0 Å². The van der Waals surface area contributed by atoms with Gasteiger partial charge in [-0.25, -0.2) is 9.18 Å². The van der Waals surface area contributed by atoms with Crippen molar-refractivity contribution in [3.8, 4) is 6.07 Å². The maximum absolute atomic E-state index is 13.5. The molecule has 2 amide bonds. The Morgan fingerprint density at radius 3 is 2.56 bits per heavy atom. The lowest BCUT2D eigenvalue weighted by Gasteiger charge is -2.34. The fourth-order valence-corrected chi connectivity index (χ4v) is 2.76. The predicted octanol–water partition coefficient (Wildman–Crippen LogP) is 3.49. The van der Waals surface area contributed by atoms with E-state index in [-0.39, 0.29) is 18.6 Å². The fourth-order valence-electron chi connectivity index (χ4n) is 2.76. The first-order chi connectivity index (χ1) is 12.7. The van der Waals surface area contributed by atoms with Crippen LogP contribution in [0.3, 0.4) is 0 Å². The number of hydrogen-bond acceptors (Lipinski definition) is 5. The second-order valence-corrected chi connectivity index (χ2v) is 7.46. The smallest absolute Gasteiger partial charge is 0.410 e. The van der Waals surface area contributed by atoms with E-state index in [1.165, 1.54) is 12.1 Å². The van der Waals surface area contributed by atoms with E-state index in [2.05, 4.69) is 10.6 Å². The van der Waals surface area contributed by atoms with E-state index in [0.29, 0.717) is 37.3 Å². The lowest BCUT2D eigenvalue weighted by molar-refractivity contribution is -0.115. The van der Waals surface area contributed by atoms with Crippen molar-refractivity contribution >= 4 is 23.4 Å². The van der Waals surface area contributed by atoms with E-state index in [4.69, 9.17) is 10.00 Å². The van der Waals surface area contributed by atoms with Crippen LogP contribution < -0.4 is 10.6 Å². The Labute approximate surface area is 158 Å². The van der Waals surface area contributed by atoms with Crippen LogP contribution in [0.2, 0.25) is 0 Å². The summed E-state index contributed by atoms with van der Waals surface area (Å²) in [5.41, 5.74) is 0.347. The SMILES string of the molecule is CC(C)(C)OC(=O)N1CCC(Nc2ccc(F)cc2NC(=O)CC#N)CC1. The number of piperidine rings is 1. The van der Waals surface area contributed by atoms with Gasteiger partial charge in [0.05, 0.1) is 17.4 Å². The topological polar surface area (TPSA) is 94.5 Å². The Morgan fingerprint density at radius 1 is 1.30 bits per heavy atom. The molecule has 0 radical (unpaired) electrons. The molecule has 1 saturated heterocycles. The molecule has 1 aromatic carbocycles. The largest absolute Gasteiger partial charge is 0.444 e. The number of nitrogens with one attached hydrogen (secondary N) is 2. The number of benzene rings is 1. The van der Waals surface area contributed by atoms with Gasteiger partial charge in [0.15, 0.2) is 0 Å². The first-order valence-electron chi connectivity index (χ1n) is 8.89. The van der Waals surface area contributed by atoms with Crippen molar-refractivity contribution < 1.29 is 18.7 Å². The van der Waals surface area contributed by atoms with Gasteiger partial charge in [-0.3, -0.25) is 4.79 Å². The second-order valence-electron chi connectivity index (χ2n) is 7.46. The predicted molar refractivity (Wildman–Crippen MR) is 99.7 cm³/mol. The van der Waals surface area contributed by atoms with Gasteiger partial charge in [-0.05, 0) is 51.8 Å². The molecule has 0 atom stereocenters. The van der Waals surface area contributed by atoms with Crippen LogP contribution >= 0.6 is 0 Å². The van der Waals surface area contributed by atoms with E-state index in [1.807, 2.05) is 20.8 Å². The zero-order chi connectivity index (χ0) is 20.0. The zero-order valence-corrected chi connectivity index (χ0v) is 15.8. The number of nitrogens with zero attached hydrogens (tertiary/aromatic N) is 2. The number of amides is 2. The molecular weight excluding hydrogens is 351 g/mol. The molecule has 27 heavy (non-hydrogen) atoms. The van der Waals surface area contributed by atoms with E-state index in [9.17, 15) is 14.0 Å². The number of halogens is 1. The lowest BCUT2D eigenvalue weighted by atomic mass is 10.0. The monoisotopic (exact) mass is 376 g/mol. The highest BCUT2D eigenvalue weighted by atomic mass is 19.1. The molecule has 1 aliphatic rings. The summed E-state index contributed by atoms with van der Waals surface area (Å²) >= 11 is 0. The molecule has 2 N–H and O–H groups in total. The van der Waals surface area contributed by atoms with Crippen molar-refractivity contribution in [1.82, 2.24) is 4.90 Å². The number of carbonyl (C=O) groups excluding carboxylic acids is 2. The van der Waals surface area contributed by atoms with Crippen LogP contribution in [0.4, 0.5) is 20.6 Å². The third-order valence-corrected chi connectivity index (χ3v) is 4.00. The Kier molecular flexibility index (Phi) is 6.61. The Bertz CT molecular complexity index is 731. The van der Waals surface area contributed by atoms with E-state index in [1.54, 1.807) is 17.0 Å². The van der Waals surface area contributed by atoms with Crippen LogP contribution in [0, 0.1) is 17.1 Å². The first kappa shape index (κ1) is 20.5. The average Bonchev–Trinajstić information content (AvgIpc) is 2.56. The number of rotatable bonds is 4. The average molecular weight is 376 g/mol. The molecule has 0 bridgehead atoms. The molecule has 7 nitrogen and oxygen atoms in total. The molecule has 146 valence electrons. The molecule has 8 heteroatoms. The maximum atomic E-state index is 13.5. The number of anilines is 2. The minimum atomic E-state index is -0.531. The van der Waals surface area contributed by atoms with Gasteiger partial charge in [0, 0.05) is 19.1 Å². The Balaban J connectivity index is 1.96. The van der Waals surface area contributed by atoms with E-state index >= 15 is 0 Å². The van der Waals surface area contributed by atoms with Gasteiger partial charge in [-0.1, -0.05) is 0 Å². The van der Waals surface area contributed by atoms with Crippen LogP contribution in [-0.2, 0) is 9.53 Å². The molecule has 0 saturated carbocycles. The Morgan fingerprint density at radius 2 is 1.96 bits per heavy atom. The van der Waals surface area contributed by atoms with Crippen molar-refractivity contribution in [2.75, 3.05) is 23.7 Å². The number of ether oxygens (including phenoxy) is 1. The number of likely N-dealkylation sites (tertiary alicyclic amines) is 1. The third-order valence-electron chi connectivity index (χ3n) is 4.00. The highest BCUT2D eigenvalue weighted by molar-refractivity contribution is 5.95. The maximum Gasteiger partial charge on any atom is 0.410 e. The van der Waals surface area contributed by atoms with Crippen molar-refractivity contribution in [2.45, 2.75) is 51.7 Å². The minimum Gasteiger partial charge on any atom is -0.444 e. The molecule has 0 spiro atoms. The summed E-state index contributed by atoms with van der Waals surface area (Å²) in [6.07, 6.45) is 0.765. The van der Waals surface area contributed by atoms with Gasteiger partial charge >= 0.3 is 6.09 Å². The van der Waals surface area contributed by atoms with Gasteiger partial charge in [0.2, 0.25) is 5.91 Å². The molecule has 1 aromatic rings. The molecule has 1 fully saturated rings. The summed E-state index contributed by atoms with van der Waals surface area (Å²) in [6, 6.07) is 5.90. The van der Waals surface area contributed by atoms with Gasteiger partial charge in [-0.2, -0.15) is 5.26 Å². The molecule has 1 heterocycles. The van der Waals surface area contributed by atoms with Gasteiger partial charge < -0.3 is 20.3 Å². The van der Waals surface area contributed by atoms with Crippen molar-refractivity contribution in [3.05, 3.63) is 24.0 Å². The summed E-state index contributed by atoms with van der Waals surface area (Å²) in [5, 5.41) is 14.4. The summed E-state index contributed by atoms with van der Waals surface area (Å²) in [5.74, 6) is -0.974. The summed E-state index contributed by atoms with van der Waals surface area (Å²) in [7, 11) is 0. The van der Waals surface area contributed by atoms with Gasteiger partial charge in [0.25, 0.3) is 0 Å². The highest BCUT2D eigenvalue weighted by Crippen LogP contribution is 2.26. The van der Waals surface area contributed by atoms with Crippen molar-refractivity contribution in [3.63, 3.8) is 0 Å². The van der Waals surface area contributed by atoms with Crippen LogP contribution in [0.25, 0.3) is 0 Å².